The summed E-state index contributed by atoms with van der Waals surface area (Å²) in [4.78, 5) is 4.49. The molecule has 0 radical (unpaired) electrons. The standard InChI is InChI=1S/C14H20N2/c1-10-3-2-4-14(16-10)15-9-13(11-5-6-11)12-7-8-12/h2-4,11-13H,5-9H2,1H3,(H,15,16). The van der Waals surface area contributed by atoms with Crippen molar-refractivity contribution in [1.82, 2.24) is 4.98 Å². The van der Waals surface area contributed by atoms with Crippen LogP contribution in [0.25, 0.3) is 0 Å². The van der Waals surface area contributed by atoms with E-state index >= 15 is 0 Å². The van der Waals surface area contributed by atoms with Gasteiger partial charge in [0.05, 0.1) is 0 Å². The van der Waals surface area contributed by atoms with Gasteiger partial charge in [0.25, 0.3) is 0 Å². The predicted octanol–water partition coefficient (Wildman–Crippen LogP) is 3.24. The predicted molar refractivity (Wildman–Crippen MR) is 66.4 cm³/mol. The summed E-state index contributed by atoms with van der Waals surface area (Å²) in [6.45, 7) is 3.18. The second kappa shape index (κ2) is 4.08. The summed E-state index contributed by atoms with van der Waals surface area (Å²) >= 11 is 0. The minimum atomic E-state index is 0.919. The zero-order valence-corrected chi connectivity index (χ0v) is 9.95. The third kappa shape index (κ3) is 2.37. The quantitative estimate of drug-likeness (QED) is 0.817. The molecular weight excluding hydrogens is 196 g/mol. The summed E-state index contributed by atoms with van der Waals surface area (Å²) in [5.74, 6) is 4.00. The fourth-order valence-electron chi connectivity index (χ4n) is 2.63. The van der Waals surface area contributed by atoms with E-state index in [1.807, 2.05) is 13.0 Å². The van der Waals surface area contributed by atoms with Gasteiger partial charge in [-0.2, -0.15) is 0 Å². The Bertz CT molecular complexity index is 355. The van der Waals surface area contributed by atoms with Crippen molar-refractivity contribution < 1.29 is 0 Å². The van der Waals surface area contributed by atoms with Gasteiger partial charge in [0, 0.05) is 12.2 Å². The van der Waals surface area contributed by atoms with Crippen LogP contribution >= 0.6 is 0 Å². The second-order valence-corrected chi connectivity index (χ2v) is 5.38. The van der Waals surface area contributed by atoms with Crippen molar-refractivity contribution in [1.29, 1.82) is 0 Å². The van der Waals surface area contributed by atoms with E-state index in [0.717, 1.165) is 35.8 Å². The van der Waals surface area contributed by atoms with E-state index in [-0.39, 0.29) is 0 Å². The van der Waals surface area contributed by atoms with E-state index in [4.69, 9.17) is 0 Å². The van der Waals surface area contributed by atoms with E-state index < -0.39 is 0 Å². The Morgan fingerprint density at radius 2 is 1.94 bits per heavy atom. The minimum absolute atomic E-state index is 0.919. The number of hydrogen-bond donors (Lipinski definition) is 1. The first-order chi connectivity index (χ1) is 7.83. The zero-order valence-electron chi connectivity index (χ0n) is 9.95. The van der Waals surface area contributed by atoms with Crippen LogP contribution in [0.2, 0.25) is 0 Å². The van der Waals surface area contributed by atoms with Crippen LogP contribution in [0.5, 0.6) is 0 Å². The average molecular weight is 216 g/mol. The molecule has 0 aliphatic heterocycles. The second-order valence-electron chi connectivity index (χ2n) is 5.38. The number of nitrogens with zero attached hydrogens (tertiary/aromatic N) is 1. The van der Waals surface area contributed by atoms with Crippen molar-refractivity contribution in [2.24, 2.45) is 17.8 Å². The van der Waals surface area contributed by atoms with Crippen LogP contribution in [-0.2, 0) is 0 Å². The van der Waals surface area contributed by atoms with Crippen molar-refractivity contribution in [2.75, 3.05) is 11.9 Å². The first kappa shape index (κ1) is 10.1. The fourth-order valence-corrected chi connectivity index (χ4v) is 2.63. The molecule has 0 bridgehead atoms. The summed E-state index contributed by atoms with van der Waals surface area (Å²) in [5.41, 5.74) is 1.10. The highest BCUT2D eigenvalue weighted by Crippen LogP contribution is 2.49. The van der Waals surface area contributed by atoms with E-state index in [9.17, 15) is 0 Å². The van der Waals surface area contributed by atoms with Gasteiger partial charge >= 0.3 is 0 Å². The molecule has 1 heterocycles. The molecular formula is C14H20N2. The highest BCUT2D eigenvalue weighted by Gasteiger charge is 2.40. The number of pyridine rings is 1. The maximum atomic E-state index is 4.49. The molecule has 2 saturated carbocycles. The number of nitrogens with one attached hydrogen (secondary N) is 1. The van der Waals surface area contributed by atoms with Gasteiger partial charge in [-0.3, -0.25) is 0 Å². The molecule has 0 spiro atoms. The molecule has 2 fully saturated rings. The van der Waals surface area contributed by atoms with E-state index in [2.05, 4.69) is 22.4 Å². The van der Waals surface area contributed by atoms with Crippen molar-refractivity contribution in [2.45, 2.75) is 32.6 Å². The molecule has 0 unspecified atom stereocenters. The Balaban J connectivity index is 1.58. The lowest BCUT2D eigenvalue weighted by Gasteiger charge is -2.16. The van der Waals surface area contributed by atoms with Gasteiger partial charge in [-0.1, -0.05) is 6.07 Å². The Hall–Kier alpha value is -1.05. The lowest BCUT2D eigenvalue weighted by atomic mass is 9.98. The van der Waals surface area contributed by atoms with Crippen molar-refractivity contribution in [3.63, 3.8) is 0 Å². The highest BCUT2D eigenvalue weighted by molar-refractivity contribution is 5.35. The monoisotopic (exact) mass is 216 g/mol. The van der Waals surface area contributed by atoms with E-state index in [0.29, 0.717) is 0 Å². The summed E-state index contributed by atoms with van der Waals surface area (Å²) in [7, 11) is 0. The average Bonchev–Trinajstić information content (AvgIpc) is 3.13. The van der Waals surface area contributed by atoms with Gasteiger partial charge in [-0.25, -0.2) is 4.98 Å². The van der Waals surface area contributed by atoms with Gasteiger partial charge in [0.15, 0.2) is 0 Å². The Morgan fingerprint density at radius 3 is 2.50 bits per heavy atom. The molecule has 1 N–H and O–H groups in total. The smallest absolute Gasteiger partial charge is 0.126 e. The Labute approximate surface area is 97.5 Å². The van der Waals surface area contributed by atoms with Crippen LogP contribution < -0.4 is 5.32 Å². The molecule has 2 aliphatic carbocycles. The van der Waals surface area contributed by atoms with Gasteiger partial charge in [-0.15, -0.1) is 0 Å². The van der Waals surface area contributed by atoms with Gasteiger partial charge in [-0.05, 0) is 62.5 Å². The molecule has 2 aliphatic rings. The highest BCUT2D eigenvalue weighted by atomic mass is 15.0. The first-order valence-electron chi connectivity index (χ1n) is 6.50. The van der Waals surface area contributed by atoms with Crippen molar-refractivity contribution in [3.05, 3.63) is 23.9 Å². The summed E-state index contributed by atoms with van der Waals surface area (Å²) in [6, 6.07) is 6.20. The molecule has 0 aromatic carbocycles. The van der Waals surface area contributed by atoms with Crippen LogP contribution in [-0.4, -0.2) is 11.5 Å². The van der Waals surface area contributed by atoms with Crippen LogP contribution in [0.1, 0.15) is 31.4 Å². The molecule has 16 heavy (non-hydrogen) atoms. The third-order valence-corrected chi connectivity index (χ3v) is 3.86. The van der Waals surface area contributed by atoms with E-state index in [1.165, 1.54) is 25.7 Å². The number of hydrogen-bond acceptors (Lipinski definition) is 2. The molecule has 0 atom stereocenters. The Kier molecular flexibility index (Phi) is 2.58. The number of aromatic nitrogens is 1. The maximum absolute atomic E-state index is 4.49. The minimum Gasteiger partial charge on any atom is -0.370 e. The van der Waals surface area contributed by atoms with Crippen LogP contribution in [0.4, 0.5) is 5.82 Å². The summed E-state index contributed by atoms with van der Waals surface area (Å²) < 4.78 is 0. The molecule has 3 rings (SSSR count). The number of anilines is 1. The first-order valence-corrected chi connectivity index (χ1v) is 6.50. The SMILES string of the molecule is Cc1cccc(NCC(C2CC2)C2CC2)n1. The normalized spacial score (nSPS) is 20.1. The molecule has 0 amide bonds. The number of rotatable bonds is 5. The zero-order chi connectivity index (χ0) is 11.0. The van der Waals surface area contributed by atoms with Gasteiger partial charge in [0.2, 0.25) is 0 Å². The molecule has 86 valence electrons. The topological polar surface area (TPSA) is 24.9 Å². The largest absolute Gasteiger partial charge is 0.370 e. The lowest BCUT2D eigenvalue weighted by Crippen LogP contribution is -2.18. The fraction of sp³-hybridized carbons (Fsp3) is 0.643. The molecule has 1 aromatic heterocycles. The van der Waals surface area contributed by atoms with Crippen molar-refractivity contribution >= 4 is 5.82 Å². The molecule has 1 aromatic rings. The van der Waals surface area contributed by atoms with Gasteiger partial charge < -0.3 is 5.32 Å². The van der Waals surface area contributed by atoms with Crippen LogP contribution in [0.15, 0.2) is 18.2 Å². The maximum Gasteiger partial charge on any atom is 0.126 e. The summed E-state index contributed by atoms with van der Waals surface area (Å²) in [6.07, 6.45) is 5.85. The summed E-state index contributed by atoms with van der Waals surface area (Å²) in [5, 5.41) is 3.52. The third-order valence-electron chi connectivity index (χ3n) is 3.86. The molecule has 2 nitrogen and oxygen atoms in total. The van der Waals surface area contributed by atoms with Gasteiger partial charge in [0.1, 0.15) is 5.82 Å². The molecule has 0 saturated heterocycles. The van der Waals surface area contributed by atoms with Crippen molar-refractivity contribution in [3.8, 4) is 0 Å². The Morgan fingerprint density at radius 1 is 1.25 bits per heavy atom. The molecule has 2 heteroatoms. The van der Waals surface area contributed by atoms with E-state index in [1.54, 1.807) is 0 Å². The van der Waals surface area contributed by atoms with Crippen LogP contribution in [0.3, 0.4) is 0 Å². The van der Waals surface area contributed by atoms with Crippen LogP contribution in [0, 0.1) is 24.7 Å². The lowest BCUT2D eigenvalue weighted by molar-refractivity contribution is 0.427. The number of aryl methyl sites for hydroxylation is 1.